The molecule has 0 aliphatic carbocycles. The summed E-state index contributed by atoms with van der Waals surface area (Å²) in [7, 11) is 5.42. The predicted octanol–water partition coefficient (Wildman–Crippen LogP) is 4.99. The van der Waals surface area contributed by atoms with Crippen LogP contribution in [-0.2, 0) is 6.54 Å². The van der Waals surface area contributed by atoms with E-state index in [-0.39, 0.29) is 12.9 Å². The summed E-state index contributed by atoms with van der Waals surface area (Å²) in [6.45, 7) is 4.99. The Kier molecular flexibility index (Phi) is 4.31. The summed E-state index contributed by atoms with van der Waals surface area (Å²) in [5.41, 5.74) is 4.34. The average molecular weight is 407 g/mol. The van der Waals surface area contributed by atoms with E-state index < -0.39 is 0 Å². The minimum absolute atomic E-state index is 0.0320. The van der Waals surface area contributed by atoms with Crippen LogP contribution in [-0.4, -0.2) is 34.2 Å². The van der Waals surface area contributed by atoms with Crippen LogP contribution < -0.4 is 28.6 Å². The molecule has 6 heteroatoms. The zero-order valence-corrected chi connectivity index (χ0v) is 17.9. The lowest BCUT2D eigenvalue weighted by atomic mass is 9.89. The third-order valence-corrected chi connectivity index (χ3v) is 5.63. The van der Waals surface area contributed by atoms with E-state index in [1.54, 1.807) is 14.2 Å². The van der Waals surface area contributed by atoms with Crippen LogP contribution in [0.15, 0.2) is 30.3 Å². The van der Waals surface area contributed by atoms with E-state index in [0.717, 1.165) is 56.1 Å². The quantitative estimate of drug-likeness (QED) is 0.607. The van der Waals surface area contributed by atoms with Gasteiger partial charge >= 0.3 is 0 Å². The molecule has 156 valence electrons. The molecule has 0 saturated heterocycles. The first kappa shape index (κ1) is 18.7. The number of ether oxygens (including phenoxy) is 5. The minimum atomic E-state index is 0.0320. The highest BCUT2D eigenvalue weighted by atomic mass is 16.7. The fourth-order valence-electron chi connectivity index (χ4n) is 4.46. The maximum absolute atomic E-state index is 6.23. The number of benzene rings is 3. The monoisotopic (exact) mass is 407 g/mol. The van der Waals surface area contributed by atoms with Gasteiger partial charge < -0.3 is 28.6 Å². The first-order valence-corrected chi connectivity index (χ1v) is 10.0. The number of hydrogen-bond acceptors (Lipinski definition) is 6. The topological polar surface area (TPSA) is 49.4 Å². The lowest BCUT2D eigenvalue weighted by Crippen LogP contribution is -2.23. The van der Waals surface area contributed by atoms with Gasteiger partial charge in [0, 0.05) is 41.7 Å². The zero-order valence-electron chi connectivity index (χ0n) is 17.9. The molecule has 0 spiro atoms. The van der Waals surface area contributed by atoms with Gasteiger partial charge in [-0.3, -0.25) is 0 Å². The van der Waals surface area contributed by atoms with Gasteiger partial charge in [0.15, 0.2) is 23.0 Å². The van der Waals surface area contributed by atoms with Gasteiger partial charge in [0.2, 0.25) is 6.79 Å². The highest BCUT2D eigenvalue weighted by Crippen LogP contribution is 2.53. The van der Waals surface area contributed by atoms with Crippen LogP contribution >= 0.6 is 0 Å². The standard InChI is InChI=1S/C24H25NO5/c1-13(2)30-20-10-21(26-4)24(27-5)17-11-25(3)23-15(22(17)20)7-6-14-8-18-19(9-16(14)23)29-12-28-18/h6-10,13H,11-12H2,1-5H3. The molecule has 5 rings (SSSR count). The maximum atomic E-state index is 6.23. The second kappa shape index (κ2) is 6.90. The molecule has 0 bridgehead atoms. The summed E-state index contributed by atoms with van der Waals surface area (Å²) < 4.78 is 28.8. The van der Waals surface area contributed by atoms with E-state index in [1.165, 1.54) is 0 Å². The fourth-order valence-corrected chi connectivity index (χ4v) is 4.46. The molecule has 30 heavy (non-hydrogen) atoms. The smallest absolute Gasteiger partial charge is 0.231 e. The number of anilines is 1. The lowest BCUT2D eigenvalue weighted by Gasteiger charge is -2.33. The van der Waals surface area contributed by atoms with Crippen molar-refractivity contribution in [1.29, 1.82) is 0 Å². The summed E-state index contributed by atoms with van der Waals surface area (Å²) >= 11 is 0. The van der Waals surface area contributed by atoms with Gasteiger partial charge in [-0.15, -0.1) is 0 Å². The number of nitrogens with zero attached hydrogens (tertiary/aromatic N) is 1. The van der Waals surface area contributed by atoms with Gasteiger partial charge in [-0.25, -0.2) is 0 Å². The van der Waals surface area contributed by atoms with E-state index in [1.807, 2.05) is 26.0 Å². The maximum Gasteiger partial charge on any atom is 0.231 e. The van der Waals surface area contributed by atoms with Crippen molar-refractivity contribution in [3.05, 3.63) is 35.9 Å². The van der Waals surface area contributed by atoms with E-state index in [0.29, 0.717) is 12.3 Å². The Bertz CT molecular complexity index is 1150. The first-order valence-electron chi connectivity index (χ1n) is 10.0. The molecule has 2 aliphatic heterocycles. The molecular formula is C24H25NO5. The molecular weight excluding hydrogens is 382 g/mol. The highest BCUT2D eigenvalue weighted by molar-refractivity contribution is 6.06. The molecule has 0 aromatic heterocycles. The second-order valence-corrected chi connectivity index (χ2v) is 7.87. The lowest BCUT2D eigenvalue weighted by molar-refractivity contribution is 0.174. The van der Waals surface area contributed by atoms with E-state index in [9.17, 15) is 0 Å². The van der Waals surface area contributed by atoms with Gasteiger partial charge in [-0.2, -0.15) is 0 Å². The van der Waals surface area contributed by atoms with Crippen molar-refractivity contribution in [1.82, 2.24) is 0 Å². The molecule has 0 fully saturated rings. The second-order valence-electron chi connectivity index (χ2n) is 7.87. The van der Waals surface area contributed by atoms with Gasteiger partial charge in [-0.05, 0) is 31.4 Å². The molecule has 0 saturated carbocycles. The molecule has 0 unspecified atom stereocenters. The Morgan fingerprint density at radius 1 is 0.967 bits per heavy atom. The van der Waals surface area contributed by atoms with Gasteiger partial charge in [0.25, 0.3) is 0 Å². The molecule has 0 radical (unpaired) electrons. The number of methoxy groups -OCH3 is 2. The van der Waals surface area contributed by atoms with Crippen LogP contribution in [0.4, 0.5) is 5.69 Å². The number of rotatable bonds is 4. The van der Waals surface area contributed by atoms with Crippen LogP contribution in [0, 0.1) is 0 Å². The van der Waals surface area contributed by atoms with Crippen LogP contribution in [0.1, 0.15) is 19.4 Å². The third-order valence-electron chi connectivity index (χ3n) is 5.63. The predicted molar refractivity (Wildman–Crippen MR) is 116 cm³/mol. The van der Waals surface area contributed by atoms with Gasteiger partial charge in [0.1, 0.15) is 5.75 Å². The van der Waals surface area contributed by atoms with Gasteiger partial charge in [-0.1, -0.05) is 12.1 Å². The summed E-state index contributed by atoms with van der Waals surface area (Å²) in [6, 6.07) is 10.3. The number of hydrogen-bond donors (Lipinski definition) is 0. The highest BCUT2D eigenvalue weighted by Gasteiger charge is 2.31. The Hall–Kier alpha value is -3.28. The van der Waals surface area contributed by atoms with E-state index in [2.05, 4.69) is 30.1 Å². The molecule has 6 nitrogen and oxygen atoms in total. The van der Waals surface area contributed by atoms with E-state index >= 15 is 0 Å². The van der Waals surface area contributed by atoms with Crippen molar-refractivity contribution in [3.8, 4) is 39.9 Å². The van der Waals surface area contributed by atoms with Crippen molar-refractivity contribution < 1.29 is 23.7 Å². The largest absolute Gasteiger partial charge is 0.493 e. The Morgan fingerprint density at radius 3 is 2.43 bits per heavy atom. The summed E-state index contributed by atoms with van der Waals surface area (Å²) in [4.78, 5) is 2.24. The Labute approximate surface area is 175 Å². The third kappa shape index (κ3) is 2.70. The molecule has 3 aromatic rings. The SMILES string of the molecule is COc1cc(OC(C)C)c2c(c1OC)CN(C)c1c-2ccc2cc3c(cc12)OCO3. The zero-order chi connectivity index (χ0) is 21.0. The van der Waals surface area contributed by atoms with Crippen LogP contribution in [0.5, 0.6) is 28.7 Å². The molecule has 0 N–H and O–H groups in total. The van der Waals surface area contributed by atoms with Crippen molar-refractivity contribution in [3.63, 3.8) is 0 Å². The Balaban J connectivity index is 1.83. The van der Waals surface area contributed by atoms with Crippen LogP contribution in [0.2, 0.25) is 0 Å². The number of fused-ring (bicyclic) bond motifs is 6. The molecule has 3 aromatic carbocycles. The van der Waals surface area contributed by atoms with Gasteiger partial charge in [0.05, 0.1) is 26.0 Å². The first-order chi connectivity index (χ1) is 14.5. The average Bonchev–Trinajstić information content (AvgIpc) is 3.18. The van der Waals surface area contributed by atoms with Crippen LogP contribution in [0.3, 0.4) is 0 Å². The van der Waals surface area contributed by atoms with E-state index in [4.69, 9.17) is 23.7 Å². The van der Waals surface area contributed by atoms with Crippen molar-refractivity contribution >= 4 is 16.5 Å². The summed E-state index contributed by atoms with van der Waals surface area (Å²) in [6.07, 6.45) is 0.0320. The van der Waals surface area contributed by atoms with Crippen molar-refractivity contribution in [2.75, 3.05) is 33.0 Å². The van der Waals surface area contributed by atoms with Crippen molar-refractivity contribution in [2.45, 2.75) is 26.5 Å². The Morgan fingerprint density at radius 2 is 1.73 bits per heavy atom. The van der Waals surface area contributed by atoms with Crippen LogP contribution in [0.25, 0.3) is 21.9 Å². The summed E-state index contributed by atoms with van der Waals surface area (Å²) in [5, 5.41) is 2.23. The molecule has 2 heterocycles. The molecule has 0 amide bonds. The minimum Gasteiger partial charge on any atom is -0.493 e. The van der Waals surface area contributed by atoms with Crippen molar-refractivity contribution in [2.24, 2.45) is 0 Å². The summed E-state index contributed by atoms with van der Waals surface area (Å²) in [5.74, 6) is 3.78. The normalized spacial score (nSPS) is 14.0. The molecule has 0 atom stereocenters. The fraction of sp³-hybridized carbons (Fsp3) is 0.333. The molecule has 2 aliphatic rings.